The van der Waals surface area contributed by atoms with E-state index in [1.165, 1.54) is 5.69 Å². The van der Waals surface area contributed by atoms with Gasteiger partial charge in [0.2, 0.25) is 0 Å². The van der Waals surface area contributed by atoms with E-state index >= 15 is 0 Å². The van der Waals surface area contributed by atoms with Gasteiger partial charge in [0.15, 0.2) is 0 Å². The Balaban J connectivity index is 2.04. The summed E-state index contributed by atoms with van der Waals surface area (Å²) in [5.74, 6) is 0. The number of hydrogen-bond donors (Lipinski definition) is 2. The minimum absolute atomic E-state index is 0.411. The Kier molecular flexibility index (Phi) is 3.40. The van der Waals surface area contributed by atoms with Crippen LogP contribution in [-0.4, -0.2) is 28.9 Å². The van der Waals surface area contributed by atoms with E-state index < -0.39 is 11.7 Å². The van der Waals surface area contributed by atoms with Crippen LogP contribution in [0.4, 0.5) is 5.69 Å². The van der Waals surface area contributed by atoms with E-state index in [1.54, 1.807) is 6.92 Å². The van der Waals surface area contributed by atoms with Crippen LogP contribution in [0.3, 0.4) is 0 Å². The molecular formula is C14H21NO2. The predicted octanol–water partition coefficient (Wildman–Crippen LogP) is 2.09. The molecule has 0 aliphatic carbocycles. The van der Waals surface area contributed by atoms with Gasteiger partial charge in [-0.3, -0.25) is 0 Å². The molecule has 1 aromatic carbocycles. The van der Waals surface area contributed by atoms with Crippen molar-refractivity contribution in [1.29, 1.82) is 0 Å². The van der Waals surface area contributed by atoms with Gasteiger partial charge in [0.05, 0.1) is 11.7 Å². The largest absolute Gasteiger partial charge is 0.390 e. The zero-order valence-electron chi connectivity index (χ0n) is 10.6. The van der Waals surface area contributed by atoms with Gasteiger partial charge in [-0.2, -0.15) is 0 Å². The van der Waals surface area contributed by atoms with Gasteiger partial charge in [0.25, 0.3) is 0 Å². The van der Waals surface area contributed by atoms with Crippen molar-refractivity contribution in [3.05, 3.63) is 29.8 Å². The monoisotopic (exact) mass is 235 g/mol. The van der Waals surface area contributed by atoms with E-state index in [4.69, 9.17) is 0 Å². The third kappa shape index (κ3) is 2.99. The molecule has 1 unspecified atom stereocenters. The lowest BCUT2D eigenvalue weighted by Gasteiger charge is -2.37. The molecule has 2 rings (SSSR count). The van der Waals surface area contributed by atoms with Crippen LogP contribution in [0.2, 0.25) is 0 Å². The van der Waals surface area contributed by atoms with Gasteiger partial charge in [0, 0.05) is 18.8 Å². The van der Waals surface area contributed by atoms with Gasteiger partial charge in [-0.25, -0.2) is 0 Å². The molecule has 0 amide bonds. The molecule has 1 saturated heterocycles. The predicted molar refractivity (Wildman–Crippen MR) is 69.1 cm³/mol. The minimum Gasteiger partial charge on any atom is -0.390 e. The lowest BCUT2D eigenvalue weighted by molar-refractivity contribution is 0.0351. The average Bonchev–Trinajstić information content (AvgIpc) is 2.29. The highest BCUT2D eigenvalue weighted by Crippen LogP contribution is 2.26. The first kappa shape index (κ1) is 12.4. The van der Waals surface area contributed by atoms with Gasteiger partial charge in [-0.05, 0) is 44.4 Å². The highest BCUT2D eigenvalue weighted by molar-refractivity contribution is 5.48. The summed E-state index contributed by atoms with van der Waals surface area (Å²) in [4.78, 5) is 2.28. The van der Waals surface area contributed by atoms with Crippen molar-refractivity contribution >= 4 is 5.69 Å². The highest BCUT2D eigenvalue weighted by Gasteiger charge is 2.27. The van der Waals surface area contributed by atoms with Crippen LogP contribution in [0, 0.1) is 0 Å². The molecule has 1 heterocycles. The summed E-state index contributed by atoms with van der Waals surface area (Å²) in [7, 11) is 0. The summed E-state index contributed by atoms with van der Waals surface area (Å²) in [5, 5.41) is 19.3. The van der Waals surface area contributed by atoms with Crippen molar-refractivity contribution in [2.75, 3.05) is 18.0 Å². The smallest absolute Gasteiger partial charge is 0.0761 e. The van der Waals surface area contributed by atoms with Gasteiger partial charge in [0.1, 0.15) is 0 Å². The molecular weight excluding hydrogens is 214 g/mol. The third-order valence-corrected chi connectivity index (χ3v) is 3.58. The Morgan fingerprint density at radius 1 is 1.18 bits per heavy atom. The number of aliphatic hydroxyl groups excluding tert-OH is 1. The molecule has 1 aliphatic heterocycles. The van der Waals surface area contributed by atoms with Crippen molar-refractivity contribution in [3.63, 3.8) is 0 Å². The molecule has 1 aliphatic rings. The number of rotatable bonds is 2. The molecule has 0 spiro atoms. The number of hydrogen-bond acceptors (Lipinski definition) is 3. The van der Waals surface area contributed by atoms with E-state index in [9.17, 15) is 10.2 Å². The minimum atomic E-state index is -0.504. The Morgan fingerprint density at radius 3 is 2.18 bits per heavy atom. The van der Waals surface area contributed by atoms with Crippen LogP contribution in [0.25, 0.3) is 0 Å². The highest BCUT2D eigenvalue weighted by atomic mass is 16.3. The molecule has 1 atom stereocenters. The molecule has 3 nitrogen and oxygen atoms in total. The molecule has 0 bridgehead atoms. The van der Waals surface area contributed by atoms with Crippen LogP contribution in [-0.2, 0) is 0 Å². The molecule has 0 saturated carbocycles. The maximum absolute atomic E-state index is 9.90. The second-order valence-electron chi connectivity index (χ2n) is 5.25. The third-order valence-electron chi connectivity index (χ3n) is 3.58. The fourth-order valence-electron chi connectivity index (χ4n) is 2.21. The molecule has 0 radical (unpaired) electrons. The van der Waals surface area contributed by atoms with E-state index in [1.807, 2.05) is 31.2 Å². The molecule has 1 aromatic rings. The molecule has 94 valence electrons. The van der Waals surface area contributed by atoms with E-state index in [2.05, 4.69) is 4.90 Å². The quantitative estimate of drug-likeness (QED) is 0.825. The zero-order valence-corrected chi connectivity index (χ0v) is 10.6. The maximum atomic E-state index is 9.90. The van der Waals surface area contributed by atoms with Crippen molar-refractivity contribution in [2.24, 2.45) is 0 Å². The number of aliphatic hydroxyl groups is 2. The van der Waals surface area contributed by atoms with Crippen molar-refractivity contribution in [3.8, 4) is 0 Å². The van der Waals surface area contributed by atoms with Crippen LogP contribution in [0.15, 0.2) is 24.3 Å². The Bertz CT molecular complexity index is 360. The summed E-state index contributed by atoms with van der Waals surface area (Å²) >= 11 is 0. The first-order valence-electron chi connectivity index (χ1n) is 6.23. The van der Waals surface area contributed by atoms with Gasteiger partial charge >= 0.3 is 0 Å². The van der Waals surface area contributed by atoms with Gasteiger partial charge < -0.3 is 15.1 Å². The van der Waals surface area contributed by atoms with Gasteiger partial charge in [-0.15, -0.1) is 0 Å². The number of nitrogens with zero attached hydrogens (tertiary/aromatic N) is 1. The van der Waals surface area contributed by atoms with E-state index in [0.29, 0.717) is 0 Å². The number of anilines is 1. The lowest BCUT2D eigenvalue weighted by atomic mass is 9.93. The molecule has 3 heteroatoms. The summed E-state index contributed by atoms with van der Waals surface area (Å²) in [5.41, 5.74) is 1.61. The van der Waals surface area contributed by atoms with Crippen LogP contribution < -0.4 is 4.90 Å². The molecule has 0 aromatic heterocycles. The van der Waals surface area contributed by atoms with Crippen molar-refractivity contribution < 1.29 is 10.2 Å². The fourth-order valence-corrected chi connectivity index (χ4v) is 2.21. The normalized spacial score (nSPS) is 21.3. The maximum Gasteiger partial charge on any atom is 0.0761 e. The summed E-state index contributed by atoms with van der Waals surface area (Å²) in [6.07, 6.45) is 1.21. The fraction of sp³-hybridized carbons (Fsp3) is 0.571. The van der Waals surface area contributed by atoms with Crippen molar-refractivity contribution in [2.45, 2.75) is 38.4 Å². The Hall–Kier alpha value is -1.06. The standard InChI is InChI=1S/C14H21NO2/c1-11(16)12-3-5-13(6-4-12)15-9-7-14(2,17)8-10-15/h3-6,11,16-17H,7-10H2,1-2H3. The first-order valence-corrected chi connectivity index (χ1v) is 6.23. The average molecular weight is 235 g/mol. The first-order chi connectivity index (χ1) is 7.98. The Morgan fingerprint density at radius 2 is 1.71 bits per heavy atom. The zero-order chi connectivity index (χ0) is 12.5. The number of benzene rings is 1. The number of piperidine rings is 1. The van der Waals surface area contributed by atoms with E-state index in [-0.39, 0.29) is 0 Å². The molecule has 1 fully saturated rings. The summed E-state index contributed by atoms with van der Waals surface area (Å²) in [6, 6.07) is 8.02. The molecule has 17 heavy (non-hydrogen) atoms. The van der Waals surface area contributed by atoms with E-state index in [0.717, 1.165) is 31.5 Å². The lowest BCUT2D eigenvalue weighted by Crippen LogP contribution is -2.42. The van der Waals surface area contributed by atoms with Crippen LogP contribution >= 0.6 is 0 Å². The topological polar surface area (TPSA) is 43.7 Å². The van der Waals surface area contributed by atoms with Crippen molar-refractivity contribution in [1.82, 2.24) is 0 Å². The molecule has 2 N–H and O–H groups in total. The summed E-state index contributed by atoms with van der Waals surface area (Å²) < 4.78 is 0. The van der Waals surface area contributed by atoms with Gasteiger partial charge in [-0.1, -0.05) is 12.1 Å². The SMILES string of the molecule is CC(O)c1ccc(N2CCC(C)(O)CC2)cc1. The summed E-state index contributed by atoms with van der Waals surface area (Å²) in [6.45, 7) is 5.45. The second-order valence-corrected chi connectivity index (χ2v) is 5.25. The second kappa shape index (κ2) is 4.67. The Labute approximate surface area is 103 Å². The van der Waals surface area contributed by atoms with Crippen LogP contribution in [0.1, 0.15) is 38.4 Å². The van der Waals surface area contributed by atoms with Crippen LogP contribution in [0.5, 0.6) is 0 Å².